The van der Waals surface area contributed by atoms with Crippen molar-refractivity contribution < 1.29 is 32.0 Å². The molecule has 0 fully saturated rings. The van der Waals surface area contributed by atoms with Crippen LogP contribution in [-0.2, 0) is 6.18 Å². The van der Waals surface area contributed by atoms with Gasteiger partial charge in [-0.3, -0.25) is 4.79 Å². The normalized spacial score (nSPS) is 13.1. The highest BCUT2D eigenvalue weighted by Crippen LogP contribution is 2.36. The zero-order valence-electron chi connectivity index (χ0n) is 13.7. The van der Waals surface area contributed by atoms with Crippen LogP contribution in [0.5, 0.6) is 0 Å². The SMILES string of the molecule is CC(C)C[C@@H](O)NC(=O)c1noc(-c2ccc(C(F)(F)F)c(F)c2)c1Cl. The molecular weight excluding hydrogens is 380 g/mol. The monoisotopic (exact) mass is 394 g/mol. The molecule has 1 aromatic heterocycles. The number of alkyl halides is 3. The molecule has 0 aliphatic heterocycles. The van der Waals surface area contributed by atoms with E-state index in [0.717, 1.165) is 6.07 Å². The second-order valence-corrected chi connectivity index (χ2v) is 6.36. The molecule has 0 saturated heterocycles. The van der Waals surface area contributed by atoms with Crippen molar-refractivity contribution >= 4 is 17.5 Å². The summed E-state index contributed by atoms with van der Waals surface area (Å²) in [4.78, 5) is 12.1. The Hall–Kier alpha value is -2.13. The molecule has 1 amide bonds. The summed E-state index contributed by atoms with van der Waals surface area (Å²) in [5.41, 5.74) is -1.92. The van der Waals surface area contributed by atoms with Gasteiger partial charge in [-0.05, 0) is 24.5 Å². The number of hydrogen-bond acceptors (Lipinski definition) is 4. The first-order valence-corrected chi connectivity index (χ1v) is 7.89. The lowest BCUT2D eigenvalue weighted by molar-refractivity contribution is -0.139. The molecule has 142 valence electrons. The van der Waals surface area contributed by atoms with Gasteiger partial charge in [-0.15, -0.1) is 0 Å². The van der Waals surface area contributed by atoms with Gasteiger partial charge in [-0.2, -0.15) is 13.2 Å². The Kier molecular flexibility index (Phi) is 5.92. The fourth-order valence-corrected chi connectivity index (χ4v) is 2.47. The molecule has 0 aliphatic rings. The van der Waals surface area contributed by atoms with E-state index in [1.54, 1.807) is 0 Å². The first-order valence-electron chi connectivity index (χ1n) is 7.52. The van der Waals surface area contributed by atoms with E-state index in [0.29, 0.717) is 12.1 Å². The van der Waals surface area contributed by atoms with Gasteiger partial charge < -0.3 is 14.9 Å². The number of amides is 1. The van der Waals surface area contributed by atoms with E-state index in [2.05, 4.69) is 10.5 Å². The number of aliphatic hydroxyl groups excluding tert-OH is 1. The molecule has 2 rings (SSSR count). The van der Waals surface area contributed by atoms with Crippen molar-refractivity contribution in [3.8, 4) is 11.3 Å². The first kappa shape index (κ1) is 20.2. The minimum Gasteiger partial charge on any atom is -0.374 e. The van der Waals surface area contributed by atoms with Gasteiger partial charge in [0.05, 0.1) is 5.56 Å². The van der Waals surface area contributed by atoms with Crippen LogP contribution in [0.4, 0.5) is 17.6 Å². The van der Waals surface area contributed by atoms with Gasteiger partial charge in [0.15, 0.2) is 11.5 Å². The average Bonchev–Trinajstić information content (AvgIpc) is 2.86. The van der Waals surface area contributed by atoms with Crippen molar-refractivity contribution in [2.45, 2.75) is 32.7 Å². The molecule has 0 unspecified atom stereocenters. The maximum atomic E-state index is 13.7. The minimum absolute atomic E-state index is 0.115. The lowest BCUT2D eigenvalue weighted by Crippen LogP contribution is -2.35. The molecule has 2 aromatic rings. The summed E-state index contributed by atoms with van der Waals surface area (Å²) in [6.07, 6.45) is -5.69. The second kappa shape index (κ2) is 7.63. The summed E-state index contributed by atoms with van der Waals surface area (Å²) in [6.45, 7) is 3.69. The Labute approximate surface area is 150 Å². The summed E-state index contributed by atoms with van der Waals surface area (Å²) >= 11 is 5.98. The van der Waals surface area contributed by atoms with Gasteiger partial charge in [-0.1, -0.05) is 36.7 Å². The number of rotatable bonds is 5. The quantitative estimate of drug-likeness (QED) is 0.587. The number of nitrogens with one attached hydrogen (secondary N) is 1. The number of aromatic nitrogens is 1. The lowest BCUT2D eigenvalue weighted by Gasteiger charge is -2.13. The van der Waals surface area contributed by atoms with E-state index in [4.69, 9.17) is 16.1 Å². The first-order chi connectivity index (χ1) is 12.0. The number of carbonyl (C=O) groups is 1. The molecule has 10 heteroatoms. The van der Waals surface area contributed by atoms with Crippen LogP contribution in [0.15, 0.2) is 22.7 Å². The summed E-state index contributed by atoms with van der Waals surface area (Å²) < 4.78 is 56.4. The summed E-state index contributed by atoms with van der Waals surface area (Å²) in [7, 11) is 0. The van der Waals surface area contributed by atoms with Gasteiger partial charge in [0.1, 0.15) is 17.1 Å². The van der Waals surface area contributed by atoms with Crippen LogP contribution in [-0.4, -0.2) is 22.4 Å². The predicted octanol–water partition coefficient (Wildman–Crippen LogP) is 4.25. The van der Waals surface area contributed by atoms with Crippen LogP contribution in [0.25, 0.3) is 11.3 Å². The number of benzene rings is 1. The predicted molar refractivity (Wildman–Crippen MR) is 84.8 cm³/mol. The van der Waals surface area contributed by atoms with E-state index in [-0.39, 0.29) is 34.4 Å². The zero-order chi connectivity index (χ0) is 19.6. The maximum absolute atomic E-state index is 13.7. The summed E-state index contributed by atoms with van der Waals surface area (Å²) in [6, 6.07) is 2.08. The Bertz CT molecular complexity index is 805. The van der Waals surface area contributed by atoms with Crippen molar-refractivity contribution in [1.29, 1.82) is 0 Å². The minimum atomic E-state index is -4.84. The van der Waals surface area contributed by atoms with Crippen molar-refractivity contribution in [2.24, 2.45) is 5.92 Å². The van der Waals surface area contributed by atoms with Crippen LogP contribution < -0.4 is 5.32 Å². The molecule has 1 aromatic carbocycles. The molecule has 0 aliphatic carbocycles. The number of nitrogens with zero attached hydrogens (tertiary/aromatic N) is 1. The van der Waals surface area contributed by atoms with E-state index < -0.39 is 29.7 Å². The fraction of sp³-hybridized carbons (Fsp3) is 0.375. The van der Waals surface area contributed by atoms with Crippen LogP contribution in [0.1, 0.15) is 36.3 Å². The van der Waals surface area contributed by atoms with Gasteiger partial charge in [0.25, 0.3) is 5.91 Å². The third-order valence-corrected chi connectivity index (χ3v) is 3.73. The lowest BCUT2D eigenvalue weighted by atomic mass is 10.1. The van der Waals surface area contributed by atoms with E-state index in [9.17, 15) is 27.5 Å². The third kappa shape index (κ3) is 4.53. The molecule has 1 atom stereocenters. The van der Waals surface area contributed by atoms with Crippen LogP contribution in [0, 0.1) is 11.7 Å². The van der Waals surface area contributed by atoms with Crippen molar-refractivity contribution in [3.05, 3.63) is 40.3 Å². The standard InChI is InChI=1S/C16H15ClF4N2O3/c1-7(2)5-11(24)22-15(25)13-12(17)14(26-23-13)8-3-4-9(10(18)6-8)16(19,20)21/h3-4,6-7,11,24H,5H2,1-2H3,(H,22,25)/t11-/m1/s1. The highest BCUT2D eigenvalue weighted by Gasteiger charge is 2.34. The number of halogens is 5. The topological polar surface area (TPSA) is 75.4 Å². The molecule has 1 heterocycles. The van der Waals surface area contributed by atoms with Gasteiger partial charge in [0.2, 0.25) is 0 Å². The number of hydrogen-bond donors (Lipinski definition) is 2. The van der Waals surface area contributed by atoms with E-state index in [1.807, 2.05) is 13.8 Å². The van der Waals surface area contributed by atoms with Crippen molar-refractivity contribution in [3.63, 3.8) is 0 Å². The zero-order valence-corrected chi connectivity index (χ0v) is 14.5. The summed E-state index contributed by atoms with van der Waals surface area (Å²) in [5, 5.41) is 15.1. The molecule has 0 radical (unpaired) electrons. The Morgan fingerprint density at radius 2 is 2.04 bits per heavy atom. The van der Waals surface area contributed by atoms with E-state index in [1.165, 1.54) is 0 Å². The van der Waals surface area contributed by atoms with Gasteiger partial charge >= 0.3 is 6.18 Å². The molecular formula is C16H15ClF4N2O3. The van der Waals surface area contributed by atoms with Crippen LogP contribution in [0.2, 0.25) is 5.02 Å². The largest absolute Gasteiger partial charge is 0.419 e. The molecule has 2 N–H and O–H groups in total. The third-order valence-electron chi connectivity index (χ3n) is 3.38. The maximum Gasteiger partial charge on any atom is 0.419 e. The molecule has 0 bridgehead atoms. The number of carbonyl (C=O) groups excluding carboxylic acids is 1. The average molecular weight is 395 g/mol. The molecule has 0 spiro atoms. The Morgan fingerprint density at radius 1 is 1.38 bits per heavy atom. The molecule has 0 saturated carbocycles. The van der Waals surface area contributed by atoms with E-state index >= 15 is 0 Å². The Balaban J connectivity index is 2.26. The summed E-state index contributed by atoms with van der Waals surface area (Å²) in [5.74, 6) is -2.49. The second-order valence-electron chi connectivity index (χ2n) is 5.99. The van der Waals surface area contributed by atoms with Gasteiger partial charge in [0, 0.05) is 5.56 Å². The number of aliphatic hydroxyl groups is 1. The molecule has 5 nitrogen and oxygen atoms in total. The highest BCUT2D eigenvalue weighted by molar-refractivity contribution is 6.35. The fourth-order valence-electron chi connectivity index (χ4n) is 2.21. The Morgan fingerprint density at radius 3 is 2.58 bits per heavy atom. The van der Waals surface area contributed by atoms with Crippen LogP contribution >= 0.6 is 11.6 Å². The smallest absolute Gasteiger partial charge is 0.374 e. The van der Waals surface area contributed by atoms with Gasteiger partial charge in [-0.25, -0.2) is 4.39 Å². The van der Waals surface area contributed by atoms with Crippen molar-refractivity contribution in [2.75, 3.05) is 0 Å². The highest BCUT2D eigenvalue weighted by atomic mass is 35.5. The molecule has 26 heavy (non-hydrogen) atoms. The van der Waals surface area contributed by atoms with Crippen LogP contribution in [0.3, 0.4) is 0 Å². The van der Waals surface area contributed by atoms with Crippen molar-refractivity contribution in [1.82, 2.24) is 10.5 Å².